The van der Waals surface area contributed by atoms with Crippen molar-refractivity contribution in [3.05, 3.63) is 57.9 Å². The number of methoxy groups -OCH3 is 3. The zero-order chi connectivity index (χ0) is 20.3. The highest BCUT2D eigenvalue weighted by Crippen LogP contribution is 2.33. The van der Waals surface area contributed by atoms with Gasteiger partial charge in [-0.25, -0.2) is 4.79 Å². The molecular formula is C21H21NO6. The number of aryl methyl sites for hydroxylation is 1. The molecule has 0 aliphatic heterocycles. The summed E-state index contributed by atoms with van der Waals surface area (Å²) in [4.78, 5) is 25.0. The Morgan fingerprint density at radius 1 is 1.04 bits per heavy atom. The molecule has 0 spiro atoms. The van der Waals surface area contributed by atoms with Crippen molar-refractivity contribution in [1.29, 1.82) is 0 Å². The largest absolute Gasteiger partial charge is 0.497 e. The fourth-order valence-electron chi connectivity index (χ4n) is 3.03. The van der Waals surface area contributed by atoms with Crippen molar-refractivity contribution in [2.24, 2.45) is 0 Å². The third kappa shape index (κ3) is 3.78. The fourth-order valence-corrected chi connectivity index (χ4v) is 3.03. The van der Waals surface area contributed by atoms with E-state index in [-0.39, 0.29) is 17.9 Å². The lowest BCUT2D eigenvalue weighted by Crippen LogP contribution is -2.20. The number of hydrogen-bond donors (Lipinski definition) is 1. The lowest BCUT2D eigenvalue weighted by molar-refractivity contribution is -0.115. The molecule has 2 aromatic carbocycles. The first-order valence-corrected chi connectivity index (χ1v) is 8.59. The molecule has 7 nitrogen and oxygen atoms in total. The second kappa shape index (κ2) is 8.04. The summed E-state index contributed by atoms with van der Waals surface area (Å²) >= 11 is 0. The fraction of sp³-hybridized carbons (Fsp3) is 0.238. The first-order chi connectivity index (χ1) is 13.5. The topological polar surface area (TPSA) is 87.0 Å². The van der Waals surface area contributed by atoms with Gasteiger partial charge in [-0.3, -0.25) is 4.79 Å². The Morgan fingerprint density at radius 2 is 1.79 bits per heavy atom. The van der Waals surface area contributed by atoms with Crippen molar-refractivity contribution < 1.29 is 23.4 Å². The van der Waals surface area contributed by atoms with E-state index < -0.39 is 5.63 Å². The minimum atomic E-state index is -0.568. The Bertz CT molecular complexity index is 1090. The highest BCUT2D eigenvalue weighted by molar-refractivity contribution is 5.94. The molecule has 1 aromatic heterocycles. The van der Waals surface area contributed by atoms with Crippen LogP contribution in [0.5, 0.6) is 17.2 Å². The second-order valence-corrected chi connectivity index (χ2v) is 6.15. The smallest absolute Gasteiger partial charge is 0.340 e. The summed E-state index contributed by atoms with van der Waals surface area (Å²) in [5.74, 6) is 1.30. The summed E-state index contributed by atoms with van der Waals surface area (Å²) < 4.78 is 21.2. The van der Waals surface area contributed by atoms with Gasteiger partial charge in [0, 0.05) is 23.9 Å². The van der Waals surface area contributed by atoms with Crippen LogP contribution in [-0.2, 0) is 11.2 Å². The normalized spacial score (nSPS) is 10.6. The quantitative estimate of drug-likeness (QED) is 0.657. The van der Waals surface area contributed by atoms with E-state index in [1.165, 1.54) is 14.2 Å². The zero-order valence-electron chi connectivity index (χ0n) is 16.1. The predicted molar refractivity (Wildman–Crippen MR) is 106 cm³/mol. The number of carbonyl (C=O) groups excluding carboxylic acids is 1. The molecule has 0 unspecified atom stereocenters. The number of ether oxygens (including phenoxy) is 3. The van der Waals surface area contributed by atoms with Crippen LogP contribution in [0.25, 0.3) is 11.0 Å². The van der Waals surface area contributed by atoms with Crippen LogP contribution in [0, 0.1) is 6.92 Å². The van der Waals surface area contributed by atoms with Crippen molar-refractivity contribution in [3.63, 3.8) is 0 Å². The van der Waals surface area contributed by atoms with Gasteiger partial charge in [0.1, 0.15) is 22.8 Å². The number of fused-ring (bicyclic) bond motifs is 1. The van der Waals surface area contributed by atoms with Crippen LogP contribution in [0.15, 0.2) is 45.6 Å². The van der Waals surface area contributed by atoms with E-state index in [0.29, 0.717) is 39.5 Å². The molecule has 146 valence electrons. The Kier molecular flexibility index (Phi) is 5.54. The van der Waals surface area contributed by atoms with Crippen LogP contribution < -0.4 is 25.2 Å². The number of hydrogen-bond acceptors (Lipinski definition) is 6. The number of amides is 1. The molecule has 0 fully saturated rings. The van der Waals surface area contributed by atoms with Crippen LogP contribution in [0.2, 0.25) is 0 Å². The zero-order valence-corrected chi connectivity index (χ0v) is 16.1. The number of rotatable bonds is 6. The van der Waals surface area contributed by atoms with E-state index in [2.05, 4.69) is 5.32 Å². The molecule has 1 N–H and O–H groups in total. The van der Waals surface area contributed by atoms with Crippen LogP contribution in [0.1, 0.15) is 11.1 Å². The maximum Gasteiger partial charge on any atom is 0.340 e. The molecule has 0 aliphatic rings. The van der Waals surface area contributed by atoms with Crippen LogP contribution >= 0.6 is 0 Å². The average molecular weight is 383 g/mol. The average Bonchev–Trinajstić information content (AvgIpc) is 2.70. The molecule has 0 bridgehead atoms. The molecule has 3 aromatic rings. The summed E-state index contributed by atoms with van der Waals surface area (Å²) in [5.41, 5.74) is 1.26. The molecule has 0 saturated carbocycles. The molecule has 0 atom stereocenters. The summed E-state index contributed by atoms with van der Waals surface area (Å²) in [7, 11) is 4.59. The molecule has 0 radical (unpaired) electrons. The molecule has 0 saturated heterocycles. The number of benzene rings is 2. The minimum Gasteiger partial charge on any atom is -0.497 e. The molecular weight excluding hydrogens is 362 g/mol. The maximum atomic E-state index is 12.5. The van der Waals surface area contributed by atoms with Gasteiger partial charge in [0.2, 0.25) is 5.91 Å². The van der Waals surface area contributed by atoms with Crippen molar-refractivity contribution in [3.8, 4) is 17.2 Å². The van der Waals surface area contributed by atoms with E-state index in [0.717, 1.165) is 0 Å². The second-order valence-electron chi connectivity index (χ2n) is 6.15. The van der Waals surface area contributed by atoms with Gasteiger partial charge in [0.05, 0.1) is 38.7 Å². The van der Waals surface area contributed by atoms with Gasteiger partial charge in [0.15, 0.2) is 0 Å². The molecule has 1 amide bonds. The highest BCUT2D eigenvalue weighted by atomic mass is 16.5. The summed E-state index contributed by atoms with van der Waals surface area (Å²) in [6, 6.07) is 10.3. The van der Waals surface area contributed by atoms with Crippen LogP contribution in [-0.4, -0.2) is 27.2 Å². The molecule has 0 aliphatic carbocycles. The maximum absolute atomic E-state index is 12.5. The van der Waals surface area contributed by atoms with Gasteiger partial charge < -0.3 is 23.9 Å². The Labute approximate surface area is 161 Å². The van der Waals surface area contributed by atoms with Crippen molar-refractivity contribution in [2.45, 2.75) is 13.3 Å². The van der Waals surface area contributed by atoms with E-state index >= 15 is 0 Å². The minimum absolute atomic E-state index is 0.128. The van der Waals surface area contributed by atoms with Crippen molar-refractivity contribution in [1.82, 2.24) is 0 Å². The first kappa shape index (κ1) is 19.3. The first-order valence-electron chi connectivity index (χ1n) is 8.59. The highest BCUT2D eigenvalue weighted by Gasteiger charge is 2.19. The number of anilines is 1. The molecule has 28 heavy (non-hydrogen) atoms. The van der Waals surface area contributed by atoms with Gasteiger partial charge in [-0.05, 0) is 24.6 Å². The van der Waals surface area contributed by atoms with Gasteiger partial charge in [-0.1, -0.05) is 6.07 Å². The third-order valence-corrected chi connectivity index (χ3v) is 4.46. The van der Waals surface area contributed by atoms with E-state index in [4.69, 9.17) is 18.6 Å². The molecule has 7 heteroatoms. The van der Waals surface area contributed by atoms with E-state index in [9.17, 15) is 9.59 Å². The third-order valence-electron chi connectivity index (χ3n) is 4.46. The standard InChI is InChI=1S/C21H21NO6/c1-12-16(11-19(23)22-13-6-5-7-14(8-13)25-2)21(24)28-18-10-15(26-3)9-17(27-4)20(12)18/h5-10H,11H2,1-4H3,(H,22,23). The Morgan fingerprint density at radius 3 is 2.46 bits per heavy atom. The van der Waals surface area contributed by atoms with Gasteiger partial charge in [-0.15, -0.1) is 0 Å². The number of nitrogens with one attached hydrogen (secondary N) is 1. The summed E-state index contributed by atoms with van der Waals surface area (Å²) in [6.07, 6.45) is -0.128. The Hall–Kier alpha value is -3.48. The SMILES string of the molecule is COc1cccc(NC(=O)Cc2c(C)c3c(OC)cc(OC)cc3oc2=O)c1. The number of carbonyl (C=O) groups is 1. The van der Waals surface area contributed by atoms with Crippen LogP contribution in [0.3, 0.4) is 0 Å². The van der Waals surface area contributed by atoms with E-state index in [1.807, 2.05) is 0 Å². The molecule has 1 heterocycles. The van der Waals surface area contributed by atoms with Gasteiger partial charge >= 0.3 is 5.63 Å². The van der Waals surface area contributed by atoms with Crippen molar-refractivity contribution in [2.75, 3.05) is 26.6 Å². The monoisotopic (exact) mass is 383 g/mol. The van der Waals surface area contributed by atoms with Crippen molar-refractivity contribution >= 4 is 22.6 Å². The summed E-state index contributed by atoms with van der Waals surface area (Å²) in [5, 5.41) is 3.40. The predicted octanol–water partition coefficient (Wildman–Crippen LogP) is 3.31. The summed E-state index contributed by atoms with van der Waals surface area (Å²) in [6.45, 7) is 1.77. The Balaban J connectivity index is 1.96. The van der Waals surface area contributed by atoms with E-state index in [1.54, 1.807) is 50.4 Å². The molecule has 3 rings (SSSR count). The lowest BCUT2D eigenvalue weighted by Gasteiger charge is -2.13. The van der Waals surface area contributed by atoms with Crippen LogP contribution in [0.4, 0.5) is 5.69 Å². The van der Waals surface area contributed by atoms with Gasteiger partial charge in [-0.2, -0.15) is 0 Å². The lowest BCUT2D eigenvalue weighted by atomic mass is 10.0. The van der Waals surface area contributed by atoms with Gasteiger partial charge in [0.25, 0.3) is 0 Å².